The van der Waals surface area contributed by atoms with Crippen LogP contribution in [0.25, 0.3) is 10.9 Å². The van der Waals surface area contributed by atoms with E-state index < -0.39 is 6.04 Å². The number of nitrogens with zero attached hydrogens (tertiary/aromatic N) is 5. The van der Waals surface area contributed by atoms with Crippen LogP contribution in [0.4, 0.5) is 0 Å². The van der Waals surface area contributed by atoms with Crippen LogP contribution in [0.1, 0.15) is 60.5 Å². The smallest absolute Gasteiger partial charge is 0.253 e. The van der Waals surface area contributed by atoms with Crippen LogP contribution in [-0.2, 0) is 13.1 Å². The van der Waals surface area contributed by atoms with E-state index in [4.69, 9.17) is 13.9 Å². The van der Waals surface area contributed by atoms with E-state index in [0.717, 1.165) is 42.4 Å². The van der Waals surface area contributed by atoms with Crippen LogP contribution in [0.5, 0.6) is 11.5 Å². The number of pyridine rings is 1. The maximum Gasteiger partial charge on any atom is 0.253 e. The molecule has 40 heavy (non-hydrogen) atoms. The fourth-order valence-corrected chi connectivity index (χ4v) is 5.70. The fourth-order valence-electron chi connectivity index (χ4n) is 5.70. The van der Waals surface area contributed by atoms with Crippen molar-refractivity contribution in [3.63, 3.8) is 0 Å². The molecule has 0 amide bonds. The van der Waals surface area contributed by atoms with Crippen molar-refractivity contribution in [3.8, 4) is 11.5 Å². The van der Waals surface area contributed by atoms with Crippen LogP contribution in [0.15, 0.2) is 76.1 Å². The van der Waals surface area contributed by atoms with Crippen LogP contribution >= 0.6 is 0 Å². The topological polar surface area (TPSA) is 111 Å². The number of hydrogen-bond donors (Lipinski definition) is 1. The molecule has 2 aromatic carbocycles. The summed E-state index contributed by atoms with van der Waals surface area (Å²) in [6.45, 7) is 1.00. The van der Waals surface area contributed by atoms with Crippen molar-refractivity contribution in [1.82, 2.24) is 30.1 Å². The minimum atomic E-state index is -0.554. The van der Waals surface area contributed by atoms with Gasteiger partial charge < -0.3 is 18.9 Å². The lowest BCUT2D eigenvalue weighted by Gasteiger charge is -2.31. The molecule has 0 bridgehead atoms. The number of rotatable bonds is 10. The lowest BCUT2D eigenvalue weighted by Crippen LogP contribution is -2.35. The second-order valence-electron chi connectivity index (χ2n) is 10.1. The predicted octanol–water partition coefficient (Wildman–Crippen LogP) is 5.03. The molecule has 1 aliphatic rings. The van der Waals surface area contributed by atoms with Crippen molar-refractivity contribution in [3.05, 3.63) is 100.0 Å². The number of benzene rings is 2. The molecule has 1 N–H and O–H groups in total. The third-order valence-electron chi connectivity index (χ3n) is 7.64. The molecule has 0 radical (unpaired) electrons. The van der Waals surface area contributed by atoms with Gasteiger partial charge in [-0.05, 0) is 53.1 Å². The molecule has 10 nitrogen and oxygen atoms in total. The summed E-state index contributed by atoms with van der Waals surface area (Å²) < 4.78 is 18.7. The summed E-state index contributed by atoms with van der Waals surface area (Å²) >= 11 is 0. The van der Waals surface area contributed by atoms with E-state index in [1.54, 1.807) is 26.5 Å². The number of aromatic nitrogens is 5. The lowest BCUT2D eigenvalue weighted by atomic mass is 10.0. The summed E-state index contributed by atoms with van der Waals surface area (Å²) in [5.41, 5.74) is 2.07. The van der Waals surface area contributed by atoms with Crippen molar-refractivity contribution in [2.45, 2.75) is 50.9 Å². The van der Waals surface area contributed by atoms with Gasteiger partial charge >= 0.3 is 0 Å². The van der Waals surface area contributed by atoms with Gasteiger partial charge in [0.2, 0.25) is 0 Å². The first kappa shape index (κ1) is 25.8. The lowest BCUT2D eigenvalue weighted by molar-refractivity contribution is 0.176. The summed E-state index contributed by atoms with van der Waals surface area (Å²) in [4.78, 5) is 19.1. The average molecular weight is 541 g/mol. The van der Waals surface area contributed by atoms with Crippen molar-refractivity contribution in [1.29, 1.82) is 0 Å². The minimum Gasteiger partial charge on any atom is -0.493 e. The van der Waals surface area contributed by atoms with Gasteiger partial charge in [0.1, 0.15) is 11.8 Å². The number of methoxy groups -OCH3 is 2. The second-order valence-corrected chi connectivity index (χ2v) is 10.1. The third-order valence-corrected chi connectivity index (χ3v) is 7.64. The molecular weight excluding hydrogens is 508 g/mol. The number of H-pyrrole nitrogens is 1. The third kappa shape index (κ3) is 5.10. The van der Waals surface area contributed by atoms with E-state index in [-0.39, 0.29) is 11.6 Å². The zero-order valence-electron chi connectivity index (χ0n) is 22.6. The highest BCUT2D eigenvalue weighted by Crippen LogP contribution is 2.36. The SMILES string of the molecule is COc1cc2cc([C@@H](c3nnnn3C3CCCC3)N(Cc3ccccc3)Cc3ccco3)c(=O)[nH]c2cc1OC. The Kier molecular flexibility index (Phi) is 7.33. The first-order chi connectivity index (χ1) is 19.6. The van der Waals surface area contributed by atoms with Gasteiger partial charge in [-0.15, -0.1) is 5.10 Å². The number of fused-ring (bicyclic) bond motifs is 1. The Morgan fingerprint density at radius 1 is 1.02 bits per heavy atom. The molecule has 6 rings (SSSR count). The van der Waals surface area contributed by atoms with Crippen LogP contribution in [0.2, 0.25) is 0 Å². The van der Waals surface area contributed by atoms with E-state index in [1.165, 1.54) is 0 Å². The van der Waals surface area contributed by atoms with Crippen molar-refractivity contribution < 1.29 is 13.9 Å². The molecule has 0 saturated heterocycles. The summed E-state index contributed by atoms with van der Waals surface area (Å²) in [6, 6.07) is 19.2. The number of nitrogens with one attached hydrogen (secondary N) is 1. The molecule has 1 aliphatic carbocycles. The van der Waals surface area contributed by atoms with Crippen LogP contribution in [-0.4, -0.2) is 44.3 Å². The predicted molar refractivity (Wildman–Crippen MR) is 149 cm³/mol. The minimum absolute atomic E-state index is 0.193. The van der Waals surface area contributed by atoms with Gasteiger partial charge in [0.15, 0.2) is 17.3 Å². The average Bonchev–Trinajstić information content (AvgIpc) is 3.77. The molecule has 0 unspecified atom stereocenters. The van der Waals surface area contributed by atoms with Gasteiger partial charge in [0.05, 0.1) is 38.6 Å². The Labute approximate surface area is 231 Å². The molecule has 3 aromatic heterocycles. The highest BCUT2D eigenvalue weighted by atomic mass is 16.5. The molecule has 3 heterocycles. The van der Waals surface area contributed by atoms with Gasteiger partial charge in [0.25, 0.3) is 5.56 Å². The van der Waals surface area contributed by atoms with Crippen molar-refractivity contribution in [2.24, 2.45) is 0 Å². The Morgan fingerprint density at radius 2 is 1.80 bits per heavy atom. The largest absolute Gasteiger partial charge is 0.493 e. The van der Waals surface area contributed by atoms with Crippen LogP contribution < -0.4 is 15.0 Å². The van der Waals surface area contributed by atoms with E-state index in [2.05, 4.69) is 37.5 Å². The number of tetrazole rings is 1. The zero-order chi connectivity index (χ0) is 27.5. The Balaban J connectivity index is 1.54. The summed E-state index contributed by atoms with van der Waals surface area (Å²) in [5.74, 6) is 2.55. The molecule has 5 aromatic rings. The van der Waals surface area contributed by atoms with Gasteiger partial charge in [-0.25, -0.2) is 4.68 Å². The molecule has 1 saturated carbocycles. The quantitative estimate of drug-likeness (QED) is 0.263. The monoisotopic (exact) mass is 540 g/mol. The second kappa shape index (κ2) is 11.4. The van der Waals surface area contributed by atoms with Crippen LogP contribution in [0, 0.1) is 0 Å². The molecule has 0 spiro atoms. The molecule has 0 aliphatic heterocycles. The first-order valence-corrected chi connectivity index (χ1v) is 13.5. The standard InChI is InChI=1S/C30H32N6O4/c1-38-26-16-21-15-24(30(37)31-25(21)17-27(26)39-2)28(29-32-33-34-36(29)22-11-6-7-12-22)35(19-23-13-8-14-40-23)18-20-9-4-3-5-10-20/h3-5,8-10,13-17,22,28H,6-7,11-12,18-19H2,1-2H3,(H,31,37)/t28-/m0/s1. The molecule has 206 valence electrons. The van der Waals surface area contributed by atoms with Gasteiger partial charge in [-0.2, -0.15) is 0 Å². The number of aromatic amines is 1. The number of hydrogen-bond acceptors (Lipinski definition) is 8. The summed E-state index contributed by atoms with van der Waals surface area (Å²) in [6.07, 6.45) is 5.94. The molecule has 10 heteroatoms. The Bertz CT molecular complexity index is 1620. The highest BCUT2D eigenvalue weighted by molar-refractivity contribution is 5.83. The van der Waals surface area contributed by atoms with E-state index in [1.807, 2.05) is 47.1 Å². The molecular formula is C30H32N6O4. The van der Waals surface area contributed by atoms with E-state index >= 15 is 0 Å². The molecule has 1 fully saturated rings. The van der Waals surface area contributed by atoms with E-state index in [9.17, 15) is 4.79 Å². The Morgan fingerprint density at radius 3 is 2.52 bits per heavy atom. The van der Waals surface area contributed by atoms with Gasteiger partial charge in [-0.3, -0.25) is 9.69 Å². The van der Waals surface area contributed by atoms with Crippen molar-refractivity contribution >= 4 is 10.9 Å². The first-order valence-electron chi connectivity index (χ1n) is 13.5. The summed E-state index contributed by atoms with van der Waals surface area (Å²) in [5, 5.41) is 13.9. The zero-order valence-corrected chi connectivity index (χ0v) is 22.6. The Hall–Kier alpha value is -4.44. The maximum atomic E-state index is 13.9. The van der Waals surface area contributed by atoms with Gasteiger partial charge in [-0.1, -0.05) is 43.2 Å². The number of ether oxygens (including phenoxy) is 2. The molecule has 1 atom stereocenters. The van der Waals surface area contributed by atoms with E-state index in [0.29, 0.717) is 41.5 Å². The summed E-state index contributed by atoms with van der Waals surface area (Å²) in [7, 11) is 3.17. The normalized spacial score (nSPS) is 14.7. The highest BCUT2D eigenvalue weighted by Gasteiger charge is 2.34. The fraction of sp³-hybridized carbons (Fsp3) is 0.333. The van der Waals surface area contributed by atoms with Crippen LogP contribution in [0.3, 0.4) is 0 Å². The van der Waals surface area contributed by atoms with Gasteiger partial charge in [0, 0.05) is 23.6 Å². The maximum absolute atomic E-state index is 13.9. The van der Waals surface area contributed by atoms with Crippen molar-refractivity contribution in [2.75, 3.05) is 14.2 Å². The number of furan rings is 1.